The van der Waals surface area contributed by atoms with Crippen molar-refractivity contribution in [2.24, 2.45) is 0 Å². The third-order valence-corrected chi connectivity index (χ3v) is 7.22. The standard InChI is InChI=1S/C21H23N3O3S2/c1-23(2)17(25)12-28-21-22-19-18(13-8-4-7-11-16(13)29-19)20(26)24(21)14-9-5-6-10-15(14)27-3/h5-6,9-10H,4,7-8,11-12H2,1-3H3. The van der Waals surface area contributed by atoms with E-state index in [2.05, 4.69) is 0 Å². The molecule has 1 aromatic carbocycles. The van der Waals surface area contributed by atoms with Crippen LogP contribution in [0.4, 0.5) is 0 Å². The highest BCUT2D eigenvalue weighted by Gasteiger charge is 2.24. The molecule has 0 radical (unpaired) electrons. The Morgan fingerprint density at radius 2 is 2.03 bits per heavy atom. The van der Waals surface area contributed by atoms with E-state index in [9.17, 15) is 9.59 Å². The minimum absolute atomic E-state index is 0.0265. The van der Waals surface area contributed by atoms with Crippen molar-refractivity contribution in [1.29, 1.82) is 0 Å². The first kappa shape index (κ1) is 20.0. The molecule has 0 fully saturated rings. The topological polar surface area (TPSA) is 64.4 Å². The van der Waals surface area contributed by atoms with E-state index in [1.807, 2.05) is 24.3 Å². The zero-order valence-corrected chi connectivity index (χ0v) is 18.4. The predicted molar refractivity (Wildman–Crippen MR) is 118 cm³/mol. The number of thiophene rings is 1. The van der Waals surface area contributed by atoms with Gasteiger partial charge in [-0.15, -0.1) is 11.3 Å². The van der Waals surface area contributed by atoms with Gasteiger partial charge in [0.25, 0.3) is 5.56 Å². The van der Waals surface area contributed by atoms with Crippen LogP contribution < -0.4 is 10.3 Å². The molecule has 0 spiro atoms. The molecular formula is C21H23N3O3S2. The summed E-state index contributed by atoms with van der Waals surface area (Å²) in [5, 5.41) is 1.24. The highest BCUT2D eigenvalue weighted by atomic mass is 32.2. The molecule has 1 aliphatic rings. The Morgan fingerprint density at radius 1 is 1.28 bits per heavy atom. The lowest BCUT2D eigenvalue weighted by molar-refractivity contribution is -0.125. The van der Waals surface area contributed by atoms with Crippen molar-refractivity contribution in [2.75, 3.05) is 27.0 Å². The fraction of sp³-hybridized carbons (Fsp3) is 0.381. The summed E-state index contributed by atoms with van der Waals surface area (Å²) in [6, 6.07) is 7.42. The van der Waals surface area contributed by atoms with Gasteiger partial charge in [0.05, 0.1) is 23.9 Å². The van der Waals surface area contributed by atoms with Gasteiger partial charge in [-0.25, -0.2) is 4.98 Å². The van der Waals surface area contributed by atoms with Crippen molar-refractivity contribution in [2.45, 2.75) is 30.8 Å². The molecule has 4 rings (SSSR count). The largest absolute Gasteiger partial charge is 0.495 e. The van der Waals surface area contributed by atoms with Gasteiger partial charge in [-0.1, -0.05) is 23.9 Å². The van der Waals surface area contributed by atoms with Crippen LogP contribution in [0.1, 0.15) is 23.3 Å². The first-order valence-electron chi connectivity index (χ1n) is 9.55. The number of aryl methyl sites for hydroxylation is 2. The van der Waals surface area contributed by atoms with Crippen molar-refractivity contribution in [1.82, 2.24) is 14.5 Å². The van der Waals surface area contributed by atoms with Crippen LogP contribution in [0.25, 0.3) is 15.9 Å². The number of para-hydroxylation sites is 2. The molecule has 0 saturated carbocycles. The molecule has 6 nitrogen and oxygen atoms in total. The zero-order valence-electron chi connectivity index (χ0n) is 16.7. The number of aromatic nitrogens is 2. The average molecular weight is 430 g/mol. The molecule has 2 heterocycles. The van der Waals surface area contributed by atoms with Crippen molar-refractivity contribution >= 4 is 39.2 Å². The minimum Gasteiger partial charge on any atom is -0.495 e. The second kappa shape index (κ2) is 8.20. The van der Waals surface area contributed by atoms with Gasteiger partial charge in [0.1, 0.15) is 10.6 Å². The molecule has 2 aromatic heterocycles. The first-order valence-corrected chi connectivity index (χ1v) is 11.3. The Kier molecular flexibility index (Phi) is 5.65. The number of thioether (sulfide) groups is 1. The Morgan fingerprint density at radius 3 is 2.79 bits per heavy atom. The Bertz CT molecular complexity index is 1130. The Labute approximate surface area is 177 Å². The summed E-state index contributed by atoms with van der Waals surface area (Å²) >= 11 is 2.90. The van der Waals surface area contributed by atoms with Crippen LogP contribution in [0.2, 0.25) is 0 Å². The number of carbonyl (C=O) groups is 1. The van der Waals surface area contributed by atoms with E-state index in [-0.39, 0.29) is 17.2 Å². The van der Waals surface area contributed by atoms with E-state index in [0.29, 0.717) is 16.6 Å². The quantitative estimate of drug-likeness (QED) is 0.459. The smallest absolute Gasteiger partial charge is 0.267 e. The van der Waals surface area contributed by atoms with E-state index < -0.39 is 0 Å². The second-order valence-electron chi connectivity index (χ2n) is 7.17. The fourth-order valence-electron chi connectivity index (χ4n) is 3.57. The van der Waals surface area contributed by atoms with Crippen molar-refractivity contribution < 1.29 is 9.53 Å². The van der Waals surface area contributed by atoms with Gasteiger partial charge >= 0.3 is 0 Å². The molecule has 0 aliphatic heterocycles. The first-order chi connectivity index (χ1) is 14.0. The van der Waals surface area contributed by atoms with E-state index in [0.717, 1.165) is 41.5 Å². The summed E-state index contributed by atoms with van der Waals surface area (Å²) in [5.41, 5.74) is 1.71. The number of methoxy groups -OCH3 is 1. The van der Waals surface area contributed by atoms with Crippen LogP contribution in [0, 0.1) is 0 Å². The lowest BCUT2D eigenvalue weighted by Gasteiger charge is -2.16. The maximum atomic E-state index is 13.7. The fourth-order valence-corrected chi connectivity index (χ4v) is 5.85. The second-order valence-corrected chi connectivity index (χ2v) is 9.20. The van der Waals surface area contributed by atoms with E-state index in [1.165, 1.54) is 16.6 Å². The molecular weight excluding hydrogens is 406 g/mol. The van der Waals surface area contributed by atoms with Gasteiger partial charge in [0, 0.05) is 19.0 Å². The third-order valence-electron chi connectivity index (χ3n) is 5.11. The number of nitrogens with zero attached hydrogens (tertiary/aromatic N) is 3. The van der Waals surface area contributed by atoms with E-state index in [4.69, 9.17) is 9.72 Å². The highest BCUT2D eigenvalue weighted by Crippen LogP contribution is 2.36. The van der Waals surface area contributed by atoms with E-state index >= 15 is 0 Å². The van der Waals surface area contributed by atoms with Crippen LogP contribution >= 0.6 is 23.1 Å². The maximum Gasteiger partial charge on any atom is 0.267 e. The van der Waals surface area contributed by atoms with Crippen LogP contribution in [0.15, 0.2) is 34.2 Å². The van der Waals surface area contributed by atoms with Crippen LogP contribution in [0.3, 0.4) is 0 Å². The molecule has 1 amide bonds. The Hall–Kier alpha value is -2.32. The molecule has 8 heteroatoms. The number of hydrogen-bond donors (Lipinski definition) is 0. The molecule has 1 aliphatic carbocycles. The molecule has 29 heavy (non-hydrogen) atoms. The van der Waals surface area contributed by atoms with Gasteiger partial charge in [-0.2, -0.15) is 0 Å². The monoisotopic (exact) mass is 429 g/mol. The Balaban J connectivity index is 1.94. The van der Waals surface area contributed by atoms with Crippen molar-refractivity contribution in [3.63, 3.8) is 0 Å². The molecule has 0 atom stereocenters. The zero-order chi connectivity index (χ0) is 20.5. The van der Waals surface area contributed by atoms with Gasteiger partial charge in [-0.3, -0.25) is 14.2 Å². The summed E-state index contributed by atoms with van der Waals surface area (Å²) in [6.07, 6.45) is 4.18. The van der Waals surface area contributed by atoms with E-state index in [1.54, 1.807) is 42.0 Å². The van der Waals surface area contributed by atoms with Gasteiger partial charge < -0.3 is 9.64 Å². The lowest BCUT2D eigenvalue weighted by atomic mass is 9.97. The van der Waals surface area contributed by atoms with Crippen LogP contribution in [-0.2, 0) is 17.6 Å². The number of benzene rings is 1. The normalized spacial score (nSPS) is 13.3. The summed E-state index contributed by atoms with van der Waals surface area (Å²) < 4.78 is 7.12. The maximum absolute atomic E-state index is 13.7. The molecule has 3 aromatic rings. The average Bonchev–Trinajstić information content (AvgIpc) is 3.10. The van der Waals surface area contributed by atoms with Crippen molar-refractivity contribution in [3.05, 3.63) is 45.1 Å². The third kappa shape index (κ3) is 3.67. The van der Waals surface area contributed by atoms with Crippen molar-refractivity contribution in [3.8, 4) is 11.4 Å². The van der Waals surface area contributed by atoms with Gasteiger partial charge in [-0.05, 0) is 43.4 Å². The lowest BCUT2D eigenvalue weighted by Crippen LogP contribution is -2.26. The molecule has 0 saturated heterocycles. The molecule has 152 valence electrons. The van der Waals surface area contributed by atoms with Crippen LogP contribution in [-0.4, -0.2) is 47.3 Å². The number of amides is 1. The summed E-state index contributed by atoms with van der Waals surface area (Å²) in [4.78, 5) is 34.3. The predicted octanol–water partition coefficient (Wildman–Crippen LogP) is 3.51. The molecule has 0 unspecified atom stereocenters. The molecule has 0 N–H and O–H groups in total. The number of carbonyl (C=O) groups excluding carboxylic acids is 1. The minimum atomic E-state index is -0.0845. The highest BCUT2D eigenvalue weighted by molar-refractivity contribution is 7.99. The summed E-state index contributed by atoms with van der Waals surface area (Å²) in [5.74, 6) is 0.785. The number of rotatable bonds is 5. The summed E-state index contributed by atoms with van der Waals surface area (Å²) in [7, 11) is 5.03. The van der Waals surface area contributed by atoms with Gasteiger partial charge in [0.2, 0.25) is 5.91 Å². The number of fused-ring (bicyclic) bond motifs is 3. The van der Waals surface area contributed by atoms with Gasteiger partial charge in [0.15, 0.2) is 5.16 Å². The SMILES string of the molecule is COc1ccccc1-n1c(SCC(=O)N(C)C)nc2sc3c(c2c1=O)CCCC3. The molecule has 0 bridgehead atoms. The summed E-state index contributed by atoms with van der Waals surface area (Å²) in [6.45, 7) is 0. The number of ether oxygens (including phenoxy) is 1. The van der Waals surface area contributed by atoms with Crippen LogP contribution in [0.5, 0.6) is 5.75 Å². The number of hydrogen-bond acceptors (Lipinski definition) is 6.